The molecule has 0 aliphatic carbocycles. The first-order valence-electron chi connectivity index (χ1n) is 7.55. The zero-order valence-corrected chi connectivity index (χ0v) is 17.8. The van der Waals surface area contributed by atoms with E-state index in [1.54, 1.807) is 0 Å². The van der Waals surface area contributed by atoms with Crippen LogP contribution >= 0.6 is 10.3 Å². The molecule has 0 bridgehead atoms. The van der Waals surface area contributed by atoms with Crippen LogP contribution in [-0.4, -0.2) is 44.3 Å². The smallest absolute Gasteiger partial charge is 0.189 e. The lowest BCUT2D eigenvalue weighted by atomic mass is 10.1. The number of hydrogen-bond acceptors (Lipinski definition) is 5. The quantitative estimate of drug-likeness (QED) is 0.771. The molecule has 0 saturated carbocycles. The Morgan fingerprint density at radius 2 is 1.42 bits per heavy atom. The van der Waals surface area contributed by atoms with E-state index in [0.29, 0.717) is 5.56 Å². The number of ketones is 1. The summed E-state index contributed by atoms with van der Waals surface area (Å²) in [5.41, 5.74) is 0.464. The van der Waals surface area contributed by atoms with Crippen molar-refractivity contribution in [3.8, 4) is 0 Å². The average Bonchev–Trinajstić information content (AvgIpc) is 2.45. The number of sulfone groups is 1. The van der Waals surface area contributed by atoms with Gasteiger partial charge in [0.1, 0.15) is 6.61 Å². The third-order valence-electron chi connectivity index (χ3n) is 3.56. The SMILES string of the molecule is CC.CC(C)(C)S(C)(C)OCC(=O)c1ccc(S(C)(=O)=O)cc1.N. The minimum absolute atomic E-state index is 0. The van der Waals surface area contributed by atoms with Gasteiger partial charge in [-0.25, -0.2) is 8.42 Å². The standard InChI is InChI=1S/C15H24O4S2.C2H6.H3N/c1-15(2,3)20(4,5)19-11-14(16)12-7-9-13(10-8-12)21(6,17)18;1-2;/h7-10H,11H2,1-6H3;1-2H3;1H3. The van der Waals surface area contributed by atoms with Crippen LogP contribution in [0.2, 0.25) is 0 Å². The summed E-state index contributed by atoms with van der Waals surface area (Å²) in [4.78, 5) is 12.3. The number of carbonyl (C=O) groups is 1. The van der Waals surface area contributed by atoms with Gasteiger partial charge in [-0.1, -0.05) is 46.8 Å². The average molecular weight is 380 g/mol. The van der Waals surface area contributed by atoms with Crippen LogP contribution in [-0.2, 0) is 14.0 Å². The van der Waals surface area contributed by atoms with Crippen LogP contribution in [0, 0.1) is 0 Å². The Balaban J connectivity index is 0. The molecule has 24 heavy (non-hydrogen) atoms. The Morgan fingerprint density at radius 1 is 1.00 bits per heavy atom. The fourth-order valence-corrected chi connectivity index (χ4v) is 2.73. The second kappa shape index (κ2) is 9.56. The van der Waals surface area contributed by atoms with Crippen LogP contribution in [0.3, 0.4) is 0 Å². The van der Waals surface area contributed by atoms with Gasteiger partial charge in [-0.15, -0.1) is 10.3 Å². The van der Waals surface area contributed by atoms with E-state index < -0.39 is 20.1 Å². The van der Waals surface area contributed by atoms with Gasteiger partial charge in [0, 0.05) is 16.6 Å². The van der Waals surface area contributed by atoms with Gasteiger partial charge in [0.25, 0.3) is 0 Å². The van der Waals surface area contributed by atoms with Gasteiger partial charge in [-0.3, -0.25) is 4.79 Å². The number of rotatable bonds is 5. The minimum Gasteiger partial charge on any atom is -0.344 e. The van der Waals surface area contributed by atoms with Crippen molar-refractivity contribution < 1.29 is 17.4 Å². The van der Waals surface area contributed by atoms with Crippen LogP contribution in [0.1, 0.15) is 45.0 Å². The molecule has 142 valence electrons. The summed E-state index contributed by atoms with van der Waals surface area (Å²) in [5.74, 6) is -0.139. The molecule has 0 heterocycles. The van der Waals surface area contributed by atoms with Crippen molar-refractivity contribution in [3.05, 3.63) is 29.8 Å². The Labute approximate surface area is 149 Å². The molecule has 0 spiro atoms. The molecular weight excluding hydrogens is 346 g/mol. The fourth-order valence-electron chi connectivity index (χ4n) is 1.35. The van der Waals surface area contributed by atoms with Crippen molar-refractivity contribution in [3.63, 3.8) is 0 Å². The molecule has 0 aliphatic heterocycles. The van der Waals surface area contributed by atoms with Gasteiger partial charge in [0.15, 0.2) is 15.6 Å². The lowest BCUT2D eigenvalue weighted by Crippen LogP contribution is -2.27. The van der Waals surface area contributed by atoms with E-state index in [1.165, 1.54) is 24.3 Å². The monoisotopic (exact) mass is 379 g/mol. The summed E-state index contributed by atoms with van der Waals surface area (Å²) in [5, 5.41) is 0. The van der Waals surface area contributed by atoms with Crippen molar-refractivity contribution in [2.75, 3.05) is 25.4 Å². The summed E-state index contributed by atoms with van der Waals surface area (Å²) in [6, 6.07) is 5.96. The highest BCUT2D eigenvalue weighted by Gasteiger charge is 2.29. The Bertz CT molecular complexity index is 615. The molecule has 1 aromatic rings. The Morgan fingerprint density at radius 3 is 1.75 bits per heavy atom. The lowest BCUT2D eigenvalue weighted by Gasteiger charge is -2.43. The summed E-state index contributed by atoms with van der Waals surface area (Å²) in [6.45, 7) is 10.3. The topological polar surface area (TPSA) is 95.4 Å². The maximum Gasteiger partial charge on any atom is 0.189 e. The molecule has 0 aromatic heterocycles. The van der Waals surface area contributed by atoms with E-state index in [-0.39, 0.29) is 28.2 Å². The predicted octanol–water partition coefficient (Wildman–Crippen LogP) is 4.26. The van der Waals surface area contributed by atoms with E-state index in [1.807, 2.05) is 26.4 Å². The highest BCUT2D eigenvalue weighted by molar-refractivity contribution is 8.29. The summed E-state index contributed by atoms with van der Waals surface area (Å²) < 4.78 is 28.6. The molecule has 0 amide bonds. The summed E-state index contributed by atoms with van der Waals surface area (Å²) in [7, 11) is -4.59. The number of Topliss-reactive ketones (excluding diaryl/α,β-unsaturated/α-hetero) is 1. The van der Waals surface area contributed by atoms with E-state index in [4.69, 9.17) is 4.18 Å². The van der Waals surface area contributed by atoms with Crippen molar-refractivity contribution in [2.45, 2.75) is 44.3 Å². The maximum absolute atomic E-state index is 12.1. The lowest BCUT2D eigenvalue weighted by molar-refractivity contribution is 0.0930. The minimum atomic E-state index is -3.24. The van der Waals surface area contributed by atoms with Crippen LogP contribution < -0.4 is 6.15 Å². The molecule has 3 N–H and O–H groups in total. The van der Waals surface area contributed by atoms with Gasteiger partial charge in [0.05, 0.1) is 4.90 Å². The van der Waals surface area contributed by atoms with Crippen molar-refractivity contribution >= 4 is 25.9 Å². The van der Waals surface area contributed by atoms with E-state index in [0.717, 1.165) is 6.26 Å². The van der Waals surface area contributed by atoms with Gasteiger partial charge < -0.3 is 10.3 Å². The van der Waals surface area contributed by atoms with Crippen LogP contribution in [0.15, 0.2) is 29.2 Å². The molecule has 1 aromatic carbocycles. The second-order valence-corrected chi connectivity index (χ2v) is 12.3. The van der Waals surface area contributed by atoms with E-state index in [9.17, 15) is 13.2 Å². The number of carbonyl (C=O) groups excluding carboxylic acids is 1. The molecule has 0 saturated heterocycles. The second-order valence-electron chi connectivity index (χ2n) is 6.33. The zero-order chi connectivity index (χ0) is 18.5. The first-order chi connectivity index (χ1) is 10.3. The van der Waals surface area contributed by atoms with Gasteiger partial charge in [0.2, 0.25) is 0 Å². The Kier molecular flexibility index (Phi) is 10.1. The third kappa shape index (κ3) is 7.34. The molecule has 5 nitrogen and oxygen atoms in total. The number of hydrogen-bond donors (Lipinski definition) is 1. The van der Waals surface area contributed by atoms with Crippen molar-refractivity contribution in [1.82, 2.24) is 6.15 Å². The summed E-state index contributed by atoms with van der Waals surface area (Å²) in [6.07, 6.45) is 5.21. The molecule has 1 rings (SSSR count). The maximum atomic E-state index is 12.1. The molecule has 0 unspecified atom stereocenters. The van der Waals surface area contributed by atoms with E-state index in [2.05, 4.69) is 20.8 Å². The first-order valence-corrected chi connectivity index (χ1v) is 11.8. The van der Waals surface area contributed by atoms with Gasteiger partial charge in [-0.2, -0.15) is 0 Å². The highest BCUT2D eigenvalue weighted by Crippen LogP contribution is 2.53. The largest absolute Gasteiger partial charge is 0.344 e. The molecule has 7 heteroatoms. The molecule has 0 atom stereocenters. The van der Waals surface area contributed by atoms with Crippen molar-refractivity contribution in [1.29, 1.82) is 0 Å². The molecular formula is C17H33NO4S2. The Hall–Kier alpha value is -0.890. The fraction of sp³-hybridized carbons (Fsp3) is 0.588. The van der Waals surface area contributed by atoms with E-state index >= 15 is 0 Å². The molecule has 0 aliphatic rings. The molecule has 0 radical (unpaired) electrons. The van der Waals surface area contributed by atoms with Crippen LogP contribution in [0.25, 0.3) is 0 Å². The highest BCUT2D eigenvalue weighted by atomic mass is 32.3. The first kappa shape index (κ1) is 25.4. The van der Waals surface area contributed by atoms with Crippen molar-refractivity contribution in [2.24, 2.45) is 0 Å². The van der Waals surface area contributed by atoms with Crippen LogP contribution in [0.4, 0.5) is 0 Å². The normalized spacial score (nSPS) is 12.5. The number of benzene rings is 1. The molecule has 0 fully saturated rings. The van der Waals surface area contributed by atoms with Gasteiger partial charge >= 0.3 is 0 Å². The predicted molar refractivity (Wildman–Crippen MR) is 105 cm³/mol. The third-order valence-corrected chi connectivity index (χ3v) is 8.35. The van der Waals surface area contributed by atoms with Gasteiger partial charge in [-0.05, 0) is 24.6 Å². The zero-order valence-electron chi connectivity index (χ0n) is 16.2. The summed E-state index contributed by atoms with van der Waals surface area (Å²) >= 11 is 0. The van der Waals surface area contributed by atoms with Crippen LogP contribution in [0.5, 0.6) is 0 Å².